The zero-order valence-corrected chi connectivity index (χ0v) is 12.9. The van der Waals surface area contributed by atoms with Crippen molar-refractivity contribution in [3.8, 4) is 0 Å². The van der Waals surface area contributed by atoms with Gasteiger partial charge in [-0.2, -0.15) is 0 Å². The molecule has 0 bridgehead atoms. The van der Waals surface area contributed by atoms with Gasteiger partial charge in [-0.05, 0) is 31.2 Å². The highest BCUT2D eigenvalue weighted by atomic mass is 35.5. The maximum absolute atomic E-state index is 11.8. The third kappa shape index (κ3) is 5.00. The van der Waals surface area contributed by atoms with Gasteiger partial charge in [0, 0.05) is 22.3 Å². The van der Waals surface area contributed by atoms with Crippen LogP contribution >= 0.6 is 35.6 Å². The monoisotopic (exact) mass is 339 g/mol. The summed E-state index contributed by atoms with van der Waals surface area (Å²) < 4.78 is 0. The summed E-state index contributed by atoms with van der Waals surface area (Å²) in [6.07, 6.45) is 0.0865. The molecule has 2 rings (SSSR count). The summed E-state index contributed by atoms with van der Waals surface area (Å²) in [6.45, 7) is 1.30. The highest BCUT2D eigenvalue weighted by molar-refractivity contribution is 6.35. The predicted molar refractivity (Wildman–Crippen MR) is 83.1 cm³/mol. The second kappa shape index (κ2) is 7.90. The van der Waals surface area contributed by atoms with Crippen LogP contribution in [0.25, 0.3) is 0 Å². The van der Waals surface area contributed by atoms with Crippen molar-refractivity contribution in [2.24, 2.45) is 0 Å². The molecule has 1 aliphatic rings. The number of aliphatic hydroxyl groups excluding tert-OH is 1. The van der Waals surface area contributed by atoms with Crippen LogP contribution in [0.2, 0.25) is 10.0 Å². The van der Waals surface area contributed by atoms with Gasteiger partial charge in [0.05, 0.1) is 12.1 Å². The molecule has 0 aliphatic carbocycles. The van der Waals surface area contributed by atoms with Gasteiger partial charge >= 0.3 is 6.03 Å². The fourth-order valence-corrected chi connectivity index (χ4v) is 2.48. The first-order valence-electron chi connectivity index (χ1n) is 5.97. The maximum atomic E-state index is 11.8. The van der Waals surface area contributed by atoms with Crippen LogP contribution in [0.3, 0.4) is 0 Å². The minimum Gasteiger partial charge on any atom is -0.391 e. The zero-order valence-electron chi connectivity index (χ0n) is 10.5. The summed E-state index contributed by atoms with van der Waals surface area (Å²) in [5, 5.41) is 19.1. The molecule has 1 fully saturated rings. The van der Waals surface area contributed by atoms with Crippen molar-refractivity contribution in [1.29, 1.82) is 0 Å². The second-order valence-corrected chi connectivity index (χ2v) is 5.30. The van der Waals surface area contributed by atoms with Crippen LogP contribution in [-0.2, 0) is 0 Å². The van der Waals surface area contributed by atoms with E-state index in [2.05, 4.69) is 16.0 Å². The Kier molecular flexibility index (Phi) is 6.85. The van der Waals surface area contributed by atoms with Crippen LogP contribution in [0.4, 0.5) is 10.5 Å². The molecule has 5 nitrogen and oxygen atoms in total. The first kappa shape index (κ1) is 17.3. The van der Waals surface area contributed by atoms with E-state index in [0.717, 1.165) is 6.54 Å². The number of aliphatic hydroxyl groups is 1. The van der Waals surface area contributed by atoms with Crippen LogP contribution in [0.15, 0.2) is 18.2 Å². The van der Waals surface area contributed by atoms with E-state index in [4.69, 9.17) is 23.2 Å². The van der Waals surface area contributed by atoms with E-state index in [9.17, 15) is 9.90 Å². The molecule has 2 amide bonds. The highest BCUT2D eigenvalue weighted by Crippen LogP contribution is 2.22. The largest absolute Gasteiger partial charge is 0.391 e. The van der Waals surface area contributed by atoms with Crippen molar-refractivity contribution in [3.63, 3.8) is 0 Å². The Balaban J connectivity index is 0.00000200. The van der Waals surface area contributed by atoms with Gasteiger partial charge in [-0.15, -0.1) is 12.4 Å². The number of piperidine rings is 1. The zero-order chi connectivity index (χ0) is 13.8. The fraction of sp³-hybridized carbons (Fsp3) is 0.417. The van der Waals surface area contributed by atoms with E-state index in [-0.39, 0.29) is 18.4 Å². The molecule has 1 aromatic carbocycles. The van der Waals surface area contributed by atoms with Crippen LogP contribution in [-0.4, -0.2) is 36.4 Å². The average Bonchev–Trinajstić information content (AvgIpc) is 2.30. The lowest BCUT2D eigenvalue weighted by Crippen LogP contribution is -2.54. The Morgan fingerprint density at radius 3 is 2.55 bits per heavy atom. The lowest BCUT2D eigenvalue weighted by Gasteiger charge is -2.29. The molecule has 4 N–H and O–H groups in total. The molecular weight excluding hydrogens is 325 g/mol. The van der Waals surface area contributed by atoms with Crippen molar-refractivity contribution >= 4 is 47.3 Å². The summed E-state index contributed by atoms with van der Waals surface area (Å²) in [5.74, 6) is 0. The van der Waals surface area contributed by atoms with E-state index in [1.54, 1.807) is 18.2 Å². The molecule has 8 heteroatoms. The van der Waals surface area contributed by atoms with Crippen LogP contribution < -0.4 is 16.0 Å². The average molecular weight is 341 g/mol. The molecule has 0 unspecified atom stereocenters. The fourth-order valence-electron chi connectivity index (χ4n) is 1.95. The lowest BCUT2D eigenvalue weighted by atomic mass is 10.0. The highest BCUT2D eigenvalue weighted by Gasteiger charge is 2.24. The molecule has 1 heterocycles. The number of amides is 2. The number of benzene rings is 1. The van der Waals surface area contributed by atoms with Gasteiger partial charge in [0.25, 0.3) is 0 Å². The van der Waals surface area contributed by atoms with E-state index in [1.165, 1.54) is 0 Å². The molecule has 0 radical (unpaired) electrons. The number of urea groups is 1. The number of carbonyl (C=O) groups is 1. The van der Waals surface area contributed by atoms with Crippen LogP contribution in [0, 0.1) is 0 Å². The number of anilines is 1. The molecule has 1 saturated heterocycles. The molecule has 1 aromatic rings. The van der Waals surface area contributed by atoms with Crippen LogP contribution in [0.1, 0.15) is 6.42 Å². The third-order valence-electron chi connectivity index (χ3n) is 2.88. The molecule has 20 heavy (non-hydrogen) atoms. The third-order valence-corrected chi connectivity index (χ3v) is 3.32. The van der Waals surface area contributed by atoms with Gasteiger partial charge in [-0.1, -0.05) is 23.2 Å². The number of nitrogens with one attached hydrogen (secondary N) is 3. The molecule has 0 aromatic heterocycles. The molecule has 0 saturated carbocycles. The van der Waals surface area contributed by atoms with Crippen molar-refractivity contribution < 1.29 is 9.90 Å². The standard InChI is InChI=1S/C12H15Cl2N3O2.ClH/c13-7-3-8(14)5-9(4-7)16-12(19)17-10-6-15-2-1-11(10)18;/h3-5,10-11,15,18H,1-2,6H2,(H2,16,17,19);1H/t10-,11-;/m1./s1. The van der Waals surface area contributed by atoms with Crippen molar-refractivity contribution in [1.82, 2.24) is 10.6 Å². The van der Waals surface area contributed by atoms with Crippen molar-refractivity contribution in [3.05, 3.63) is 28.2 Å². The smallest absolute Gasteiger partial charge is 0.319 e. The van der Waals surface area contributed by atoms with Gasteiger partial charge in [-0.25, -0.2) is 4.79 Å². The van der Waals surface area contributed by atoms with Crippen molar-refractivity contribution in [2.75, 3.05) is 18.4 Å². The Labute approximate surface area is 133 Å². The minimum absolute atomic E-state index is 0. The van der Waals surface area contributed by atoms with E-state index in [0.29, 0.717) is 28.7 Å². The van der Waals surface area contributed by atoms with Gasteiger partial charge in [-0.3, -0.25) is 0 Å². The molecule has 1 aliphatic heterocycles. The lowest BCUT2D eigenvalue weighted by molar-refractivity contribution is 0.103. The number of hydrogen-bond acceptors (Lipinski definition) is 3. The van der Waals surface area contributed by atoms with Crippen LogP contribution in [0.5, 0.6) is 0 Å². The van der Waals surface area contributed by atoms with Gasteiger partial charge in [0.1, 0.15) is 0 Å². The van der Waals surface area contributed by atoms with Gasteiger partial charge in [0.15, 0.2) is 0 Å². The maximum Gasteiger partial charge on any atom is 0.319 e. The molecular formula is C12H16Cl3N3O2. The first-order chi connectivity index (χ1) is 9.04. The summed E-state index contributed by atoms with van der Waals surface area (Å²) in [5.41, 5.74) is 0.508. The molecule has 112 valence electrons. The number of carbonyl (C=O) groups excluding carboxylic acids is 1. The number of hydrogen-bond donors (Lipinski definition) is 4. The topological polar surface area (TPSA) is 73.4 Å². The predicted octanol–water partition coefficient (Wildman–Crippen LogP) is 2.26. The Hall–Kier alpha value is -0.720. The molecule has 0 spiro atoms. The van der Waals surface area contributed by atoms with E-state index in [1.807, 2.05) is 0 Å². The van der Waals surface area contributed by atoms with Gasteiger partial charge in [0.2, 0.25) is 0 Å². The summed E-state index contributed by atoms with van der Waals surface area (Å²) in [7, 11) is 0. The van der Waals surface area contributed by atoms with Crippen molar-refractivity contribution in [2.45, 2.75) is 18.6 Å². The van der Waals surface area contributed by atoms with Gasteiger partial charge < -0.3 is 21.1 Å². The normalized spacial score (nSPS) is 21.8. The Morgan fingerprint density at radius 2 is 1.95 bits per heavy atom. The van der Waals surface area contributed by atoms with E-state index < -0.39 is 12.1 Å². The number of rotatable bonds is 2. The quantitative estimate of drug-likeness (QED) is 0.667. The molecule has 2 atom stereocenters. The van der Waals surface area contributed by atoms with E-state index >= 15 is 0 Å². The minimum atomic E-state index is -0.532. The Morgan fingerprint density at radius 1 is 1.30 bits per heavy atom. The second-order valence-electron chi connectivity index (χ2n) is 4.42. The number of halogens is 3. The summed E-state index contributed by atoms with van der Waals surface area (Å²) in [4.78, 5) is 11.8. The Bertz CT molecular complexity index is 453. The SMILES string of the molecule is Cl.O=C(Nc1cc(Cl)cc(Cl)c1)N[C@@H]1CNCC[C@H]1O. The summed E-state index contributed by atoms with van der Waals surface area (Å²) in [6, 6.07) is 4.08. The summed E-state index contributed by atoms with van der Waals surface area (Å²) >= 11 is 11.7. The first-order valence-corrected chi connectivity index (χ1v) is 6.72.